The third-order valence-corrected chi connectivity index (χ3v) is 3.52. The molecule has 0 aliphatic carbocycles. The molecule has 0 bridgehead atoms. The zero-order valence-corrected chi connectivity index (χ0v) is 12.7. The van der Waals surface area contributed by atoms with Crippen molar-refractivity contribution in [3.63, 3.8) is 0 Å². The maximum absolute atomic E-state index is 4.50. The van der Waals surface area contributed by atoms with Crippen molar-refractivity contribution < 1.29 is 0 Å². The number of benzene rings is 2. The molecule has 0 radical (unpaired) electrons. The van der Waals surface area contributed by atoms with Crippen LogP contribution in [0.25, 0.3) is 10.8 Å². The Morgan fingerprint density at radius 3 is 2.70 bits per heavy atom. The summed E-state index contributed by atoms with van der Waals surface area (Å²) in [6.45, 7) is 2.05. The summed E-state index contributed by atoms with van der Waals surface area (Å²) in [5, 5.41) is 5.77. The van der Waals surface area contributed by atoms with Crippen LogP contribution in [0.3, 0.4) is 0 Å². The highest BCUT2D eigenvalue weighted by molar-refractivity contribution is 9.10. The van der Waals surface area contributed by atoms with E-state index in [0.29, 0.717) is 0 Å². The fourth-order valence-corrected chi connectivity index (χ4v) is 2.58. The molecular formula is C16H14BrN3. The first kappa shape index (κ1) is 13.1. The molecule has 1 aromatic heterocycles. The monoisotopic (exact) mass is 327 g/mol. The minimum atomic E-state index is 0.798. The van der Waals surface area contributed by atoms with E-state index in [2.05, 4.69) is 55.5 Å². The number of hydrogen-bond donors (Lipinski definition) is 1. The molecule has 1 heterocycles. The number of aryl methyl sites for hydroxylation is 1. The van der Waals surface area contributed by atoms with Crippen LogP contribution in [0.2, 0.25) is 0 Å². The number of fused-ring (bicyclic) bond motifs is 1. The lowest BCUT2D eigenvalue weighted by Crippen LogP contribution is -2.00. The molecule has 0 saturated heterocycles. The molecule has 3 nitrogen and oxygen atoms in total. The number of aromatic nitrogens is 2. The highest BCUT2D eigenvalue weighted by Crippen LogP contribution is 2.26. The second-order valence-corrected chi connectivity index (χ2v) is 5.31. The fraction of sp³-hybridized carbons (Fsp3) is 0.125. The Balaban J connectivity index is 2.03. The average molecular weight is 328 g/mol. The third-order valence-electron chi connectivity index (χ3n) is 3.11. The van der Waals surface area contributed by atoms with Gasteiger partial charge in [-0.2, -0.15) is 0 Å². The van der Waals surface area contributed by atoms with Crippen molar-refractivity contribution in [2.45, 2.75) is 13.3 Å². The molecule has 0 unspecified atom stereocenters. The van der Waals surface area contributed by atoms with Crippen LogP contribution in [0.4, 0.5) is 11.5 Å². The third kappa shape index (κ3) is 2.65. The van der Waals surface area contributed by atoms with Crippen molar-refractivity contribution in [2.24, 2.45) is 0 Å². The van der Waals surface area contributed by atoms with E-state index < -0.39 is 0 Å². The molecule has 20 heavy (non-hydrogen) atoms. The second-order valence-electron chi connectivity index (χ2n) is 4.50. The van der Waals surface area contributed by atoms with Crippen LogP contribution in [0.5, 0.6) is 0 Å². The summed E-state index contributed by atoms with van der Waals surface area (Å²) in [4.78, 5) is 8.82. The molecule has 2 aromatic carbocycles. The molecule has 0 aliphatic rings. The average Bonchev–Trinajstić information content (AvgIpc) is 2.47. The molecule has 0 spiro atoms. The molecule has 0 saturated carbocycles. The van der Waals surface area contributed by atoms with E-state index >= 15 is 0 Å². The fourth-order valence-electron chi connectivity index (χ4n) is 2.16. The molecule has 4 heteroatoms. The van der Waals surface area contributed by atoms with Gasteiger partial charge in [0.25, 0.3) is 0 Å². The number of halogens is 1. The van der Waals surface area contributed by atoms with E-state index in [1.165, 1.54) is 10.8 Å². The summed E-state index contributed by atoms with van der Waals surface area (Å²) < 4.78 is 0.798. The minimum Gasteiger partial charge on any atom is -0.340 e. The van der Waals surface area contributed by atoms with Crippen LogP contribution in [0, 0.1) is 0 Å². The van der Waals surface area contributed by atoms with Crippen molar-refractivity contribution in [1.29, 1.82) is 0 Å². The van der Waals surface area contributed by atoms with Gasteiger partial charge in [0, 0.05) is 23.6 Å². The maximum Gasteiger partial charge on any atom is 0.135 e. The summed E-state index contributed by atoms with van der Waals surface area (Å²) in [6, 6.07) is 16.4. The van der Waals surface area contributed by atoms with Crippen LogP contribution in [-0.2, 0) is 6.42 Å². The van der Waals surface area contributed by atoms with Gasteiger partial charge in [0.1, 0.15) is 16.2 Å². The van der Waals surface area contributed by atoms with Crippen molar-refractivity contribution in [3.05, 3.63) is 59.0 Å². The maximum atomic E-state index is 4.50. The highest BCUT2D eigenvalue weighted by atomic mass is 79.9. The van der Waals surface area contributed by atoms with Gasteiger partial charge in [0.05, 0.1) is 0 Å². The minimum absolute atomic E-state index is 0.798. The van der Waals surface area contributed by atoms with Crippen LogP contribution in [-0.4, -0.2) is 9.97 Å². The van der Waals surface area contributed by atoms with Crippen molar-refractivity contribution in [1.82, 2.24) is 9.97 Å². The first-order valence-corrected chi connectivity index (χ1v) is 7.34. The first-order chi connectivity index (χ1) is 9.76. The van der Waals surface area contributed by atoms with Crippen molar-refractivity contribution >= 4 is 38.2 Å². The smallest absolute Gasteiger partial charge is 0.135 e. The van der Waals surface area contributed by atoms with Crippen LogP contribution >= 0.6 is 15.9 Å². The van der Waals surface area contributed by atoms with E-state index in [0.717, 1.165) is 28.4 Å². The molecule has 3 rings (SSSR count). The molecule has 3 aromatic rings. The van der Waals surface area contributed by atoms with Gasteiger partial charge in [-0.05, 0) is 27.4 Å². The molecule has 100 valence electrons. The standard InChI is InChI=1S/C16H14BrN3/c1-2-15-19-14(17)10-16(20-15)18-13-9-5-7-11-6-3-4-8-12(11)13/h3-10H,2H2,1H3,(H,18,19,20). The largest absolute Gasteiger partial charge is 0.340 e. The summed E-state index contributed by atoms with van der Waals surface area (Å²) in [7, 11) is 0. The Morgan fingerprint density at radius 1 is 1.05 bits per heavy atom. The van der Waals surface area contributed by atoms with Gasteiger partial charge >= 0.3 is 0 Å². The summed E-state index contributed by atoms with van der Waals surface area (Å²) in [6.07, 6.45) is 0.809. The summed E-state index contributed by atoms with van der Waals surface area (Å²) in [5.41, 5.74) is 1.05. The predicted molar refractivity (Wildman–Crippen MR) is 86.3 cm³/mol. The number of nitrogens with one attached hydrogen (secondary N) is 1. The Labute approximate surface area is 126 Å². The van der Waals surface area contributed by atoms with Crippen molar-refractivity contribution in [2.75, 3.05) is 5.32 Å². The summed E-state index contributed by atoms with van der Waals surface area (Å²) >= 11 is 3.43. The van der Waals surface area contributed by atoms with Gasteiger partial charge in [-0.25, -0.2) is 9.97 Å². The van der Waals surface area contributed by atoms with Crippen LogP contribution in [0.15, 0.2) is 53.1 Å². The van der Waals surface area contributed by atoms with Gasteiger partial charge in [-0.1, -0.05) is 43.3 Å². The van der Waals surface area contributed by atoms with Gasteiger partial charge in [0.15, 0.2) is 0 Å². The zero-order chi connectivity index (χ0) is 13.9. The normalized spacial score (nSPS) is 10.7. The van der Waals surface area contributed by atoms with E-state index in [9.17, 15) is 0 Å². The molecule has 0 aliphatic heterocycles. The number of anilines is 2. The Morgan fingerprint density at radius 2 is 1.85 bits per heavy atom. The van der Waals surface area contributed by atoms with Gasteiger partial charge in [-0.15, -0.1) is 0 Å². The van der Waals surface area contributed by atoms with Crippen LogP contribution < -0.4 is 5.32 Å². The lowest BCUT2D eigenvalue weighted by Gasteiger charge is -2.10. The zero-order valence-electron chi connectivity index (χ0n) is 11.1. The second kappa shape index (κ2) is 5.59. The Bertz CT molecular complexity index is 750. The molecule has 0 fully saturated rings. The summed E-state index contributed by atoms with van der Waals surface area (Å²) in [5.74, 6) is 1.63. The van der Waals surface area contributed by atoms with Crippen LogP contribution in [0.1, 0.15) is 12.7 Å². The van der Waals surface area contributed by atoms with Crippen molar-refractivity contribution in [3.8, 4) is 0 Å². The molecule has 0 amide bonds. The van der Waals surface area contributed by atoms with E-state index in [1.807, 2.05) is 31.2 Å². The van der Waals surface area contributed by atoms with E-state index in [1.54, 1.807) is 0 Å². The van der Waals surface area contributed by atoms with Gasteiger partial charge in [-0.3, -0.25) is 0 Å². The highest BCUT2D eigenvalue weighted by Gasteiger charge is 2.04. The van der Waals surface area contributed by atoms with Gasteiger partial charge in [0.2, 0.25) is 0 Å². The lowest BCUT2D eigenvalue weighted by molar-refractivity contribution is 0.931. The van der Waals surface area contributed by atoms with E-state index in [4.69, 9.17) is 0 Å². The molecule has 1 N–H and O–H groups in total. The van der Waals surface area contributed by atoms with Gasteiger partial charge < -0.3 is 5.32 Å². The Kier molecular flexibility index (Phi) is 3.65. The number of nitrogens with zero attached hydrogens (tertiary/aromatic N) is 2. The topological polar surface area (TPSA) is 37.8 Å². The predicted octanol–water partition coefficient (Wildman–Crippen LogP) is 4.70. The Hall–Kier alpha value is -1.94. The molecule has 0 atom stereocenters. The lowest BCUT2D eigenvalue weighted by atomic mass is 10.1. The quantitative estimate of drug-likeness (QED) is 0.708. The number of hydrogen-bond acceptors (Lipinski definition) is 3. The SMILES string of the molecule is CCc1nc(Br)cc(Nc2cccc3ccccc23)n1. The number of rotatable bonds is 3. The first-order valence-electron chi connectivity index (χ1n) is 6.54. The molecular weight excluding hydrogens is 314 g/mol. The van der Waals surface area contributed by atoms with E-state index in [-0.39, 0.29) is 0 Å².